The average Bonchev–Trinajstić information content (AvgIpc) is 2.66. The van der Waals surface area contributed by atoms with Crippen molar-refractivity contribution in [3.8, 4) is 5.75 Å². The van der Waals surface area contributed by atoms with Crippen LogP contribution in [0.15, 0.2) is 24.3 Å². The predicted octanol–water partition coefficient (Wildman–Crippen LogP) is 3.51. The van der Waals surface area contributed by atoms with Gasteiger partial charge in [0, 0.05) is 18.1 Å². The van der Waals surface area contributed by atoms with Crippen molar-refractivity contribution in [2.24, 2.45) is 0 Å². The number of likely N-dealkylation sites (tertiary alicyclic amines) is 1. The number of ether oxygens (including phenoxy) is 1. The zero-order valence-corrected chi connectivity index (χ0v) is 12.0. The monoisotopic (exact) mass is 281 g/mol. The molecule has 0 aliphatic carbocycles. The molecule has 0 N–H and O–H groups in total. The summed E-state index contributed by atoms with van der Waals surface area (Å²) in [6, 6.07) is 7.16. The number of halogens is 1. The maximum Gasteiger partial charge on any atom is 0.263 e. The first-order valence-corrected chi connectivity index (χ1v) is 7.25. The summed E-state index contributed by atoms with van der Waals surface area (Å²) >= 11 is 5.90. The highest BCUT2D eigenvalue weighted by Gasteiger charge is 2.22. The molecule has 0 radical (unpaired) electrons. The molecule has 1 atom stereocenters. The first-order chi connectivity index (χ1) is 9.16. The Morgan fingerprint density at radius 1 is 1.26 bits per heavy atom. The minimum Gasteiger partial charge on any atom is -0.481 e. The normalized spacial score (nSPS) is 17.7. The molecule has 19 heavy (non-hydrogen) atoms. The first-order valence-electron chi connectivity index (χ1n) is 6.88. The molecule has 1 aromatic rings. The number of amides is 1. The molecule has 4 heteroatoms. The summed E-state index contributed by atoms with van der Waals surface area (Å²) in [5.41, 5.74) is 0. The highest BCUT2D eigenvalue weighted by atomic mass is 35.5. The summed E-state index contributed by atoms with van der Waals surface area (Å²) in [5, 5.41) is 0.618. The zero-order chi connectivity index (χ0) is 13.7. The lowest BCUT2D eigenvalue weighted by molar-refractivity contribution is -0.137. The number of carbonyl (C=O) groups excluding carboxylic acids is 1. The number of benzene rings is 1. The second-order valence-corrected chi connectivity index (χ2v) is 5.39. The molecule has 0 unspecified atom stereocenters. The van der Waals surface area contributed by atoms with Gasteiger partial charge in [-0.15, -0.1) is 0 Å². The second kappa shape index (κ2) is 6.80. The van der Waals surface area contributed by atoms with Crippen LogP contribution in [0, 0.1) is 0 Å². The molecule has 2 rings (SSSR count). The minimum absolute atomic E-state index is 0.0712. The zero-order valence-electron chi connectivity index (χ0n) is 11.3. The van der Waals surface area contributed by atoms with Gasteiger partial charge in [-0.25, -0.2) is 0 Å². The third-order valence-electron chi connectivity index (χ3n) is 3.37. The van der Waals surface area contributed by atoms with Gasteiger partial charge in [-0.05, 0) is 38.0 Å². The molecule has 1 heterocycles. The van der Waals surface area contributed by atoms with Crippen LogP contribution in [0.2, 0.25) is 5.02 Å². The van der Waals surface area contributed by atoms with Crippen LogP contribution in [-0.2, 0) is 4.79 Å². The average molecular weight is 282 g/mol. The molecule has 1 aliphatic rings. The molecule has 0 saturated carbocycles. The van der Waals surface area contributed by atoms with Crippen LogP contribution in [0.3, 0.4) is 0 Å². The van der Waals surface area contributed by atoms with E-state index in [2.05, 4.69) is 0 Å². The van der Waals surface area contributed by atoms with Crippen molar-refractivity contribution in [2.45, 2.75) is 38.7 Å². The number of carbonyl (C=O) groups is 1. The smallest absolute Gasteiger partial charge is 0.263 e. The van der Waals surface area contributed by atoms with E-state index in [9.17, 15) is 4.79 Å². The van der Waals surface area contributed by atoms with Gasteiger partial charge in [0.1, 0.15) is 5.75 Å². The van der Waals surface area contributed by atoms with E-state index in [0.29, 0.717) is 10.8 Å². The third kappa shape index (κ3) is 4.13. The van der Waals surface area contributed by atoms with E-state index in [1.54, 1.807) is 19.1 Å². The largest absolute Gasteiger partial charge is 0.481 e. The van der Waals surface area contributed by atoms with Crippen LogP contribution in [0.25, 0.3) is 0 Å². The van der Waals surface area contributed by atoms with Gasteiger partial charge in [0.05, 0.1) is 0 Å². The molecule has 0 aromatic heterocycles. The Morgan fingerprint density at radius 3 is 2.58 bits per heavy atom. The number of rotatable bonds is 3. The number of hydrogen-bond donors (Lipinski definition) is 0. The van der Waals surface area contributed by atoms with Crippen molar-refractivity contribution in [3.63, 3.8) is 0 Å². The summed E-state index contributed by atoms with van der Waals surface area (Å²) in [7, 11) is 0. The fourth-order valence-corrected chi connectivity index (χ4v) is 2.52. The van der Waals surface area contributed by atoms with Gasteiger partial charge >= 0.3 is 0 Å². The SMILES string of the molecule is C[C@@H](Oc1cccc(Cl)c1)C(=O)N1CCCCCC1. The molecular formula is C15H20ClNO2. The van der Waals surface area contributed by atoms with Gasteiger partial charge in [0.15, 0.2) is 6.10 Å². The Balaban J connectivity index is 1.94. The molecule has 1 amide bonds. The van der Waals surface area contributed by atoms with Gasteiger partial charge < -0.3 is 9.64 Å². The van der Waals surface area contributed by atoms with E-state index in [1.165, 1.54) is 12.8 Å². The molecule has 0 spiro atoms. The van der Waals surface area contributed by atoms with Crippen molar-refractivity contribution in [1.29, 1.82) is 0 Å². The predicted molar refractivity (Wildman–Crippen MR) is 76.6 cm³/mol. The van der Waals surface area contributed by atoms with Gasteiger partial charge in [-0.3, -0.25) is 4.79 Å². The fourth-order valence-electron chi connectivity index (χ4n) is 2.34. The van der Waals surface area contributed by atoms with E-state index < -0.39 is 6.10 Å². The summed E-state index contributed by atoms with van der Waals surface area (Å²) < 4.78 is 5.68. The van der Waals surface area contributed by atoms with E-state index in [4.69, 9.17) is 16.3 Å². The summed E-state index contributed by atoms with van der Waals surface area (Å²) in [5.74, 6) is 0.713. The van der Waals surface area contributed by atoms with E-state index in [1.807, 2.05) is 17.0 Å². The lowest BCUT2D eigenvalue weighted by Crippen LogP contribution is -2.40. The standard InChI is InChI=1S/C15H20ClNO2/c1-12(19-14-8-6-7-13(16)11-14)15(18)17-9-4-2-3-5-10-17/h6-8,11-12H,2-5,9-10H2,1H3/t12-/m1/s1. The van der Waals surface area contributed by atoms with Crippen LogP contribution in [-0.4, -0.2) is 30.0 Å². The highest BCUT2D eigenvalue weighted by Crippen LogP contribution is 2.19. The molecule has 1 aromatic carbocycles. The lowest BCUT2D eigenvalue weighted by atomic mass is 10.2. The molecule has 104 valence electrons. The lowest BCUT2D eigenvalue weighted by Gasteiger charge is -2.24. The first kappa shape index (κ1) is 14.2. The Hall–Kier alpha value is -1.22. The number of hydrogen-bond acceptors (Lipinski definition) is 2. The minimum atomic E-state index is -0.462. The van der Waals surface area contributed by atoms with E-state index >= 15 is 0 Å². The van der Waals surface area contributed by atoms with Crippen molar-refractivity contribution in [3.05, 3.63) is 29.3 Å². The van der Waals surface area contributed by atoms with Gasteiger partial charge in [-0.1, -0.05) is 30.5 Å². The van der Waals surface area contributed by atoms with Crippen LogP contribution in [0.1, 0.15) is 32.6 Å². The maximum absolute atomic E-state index is 12.3. The third-order valence-corrected chi connectivity index (χ3v) is 3.61. The van der Waals surface area contributed by atoms with Crippen LogP contribution in [0.4, 0.5) is 0 Å². The van der Waals surface area contributed by atoms with Gasteiger partial charge in [0.2, 0.25) is 0 Å². The molecule has 1 saturated heterocycles. The van der Waals surface area contributed by atoms with Gasteiger partial charge in [0.25, 0.3) is 5.91 Å². The van der Waals surface area contributed by atoms with Crippen LogP contribution in [0.5, 0.6) is 5.75 Å². The van der Waals surface area contributed by atoms with Crippen molar-refractivity contribution in [2.75, 3.05) is 13.1 Å². The highest BCUT2D eigenvalue weighted by molar-refractivity contribution is 6.30. The molecule has 0 bridgehead atoms. The summed E-state index contributed by atoms with van der Waals surface area (Å²) in [4.78, 5) is 14.2. The summed E-state index contributed by atoms with van der Waals surface area (Å²) in [6.45, 7) is 3.50. The topological polar surface area (TPSA) is 29.5 Å². The van der Waals surface area contributed by atoms with Crippen molar-refractivity contribution in [1.82, 2.24) is 4.90 Å². The summed E-state index contributed by atoms with van der Waals surface area (Å²) in [6.07, 6.45) is 4.16. The Labute approximate surface area is 119 Å². The molecule has 1 fully saturated rings. The molecule has 1 aliphatic heterocycles. The van der Waals surface area contributed by atoms with E-state index in [-0.39, 0.29) is 5.91 Å². The Bertz CT molecular complexity index is 428. The molecular weight excluding hydrogens is 262 g/mol. The van der Waals surface area contributed by atoms with Crippen molar-refractivity contribution < 1.29 is 9.53 Å². The molecule has 3 nitrogen and oxygen atoms in total. The quantitative estimate of drug-likeness (QED) is 0.848. The maximum atomic E-state index is 12.3. The fraction of sp³-hybridized carbons (Fsp3) is 0.533. The Kier molecular flexibility index (Phi) is 5.08. The van der Waals surface area contributed by atoms with Crippen LogP contribution < -0.4 is 4.74 Å². The van der Waals surface area contributed by atoms with Crippen molar-refractivity contribution >= 4 is 17.5 Å². The van der Waals surface area contributed by atoms with Gasteiger partial charge in [-0.2, -0.15) is 0 Å². The second-order valence-electron chi connectivity index (χ2n) is 4.96. The number of nitrogens with zero attached hydrogens (tertiary/aromatic N) is 1. The Morgan fingerprint density at radius 2 is 1.95 bits per heavy atom. The van der Waals surface area contributed by atoms with Crippen LogP contribution >= 0.6 is 11.6 Å². The van der Waals surface area contributed by atoms with E-state index in [0.717, 1.165) is 25.9 Å².